The molecule has 0 saturated carbocycles. The van der Waals surface area contributed by atoms with Crippen molar-refractivity contribution >= 4 is 0 Å². The summed E-state index contributed by atoms with van der Waals surface area (Å²) in [5.41, 5.74) is 7.53. The maximum Gasteiger partial charge on any atom is -0.00529 e. The van der Waals surface area contributed by atoms with Gasteiger partial charge in [-0.2, -0.15) is 0 Å². The molecular weight excluding hydrogens is 204 g/mol. The van der Waals surface area contributed by atoms with Crippen molar-refractivity contribution in [3.63, 3.8) is 0 Å². The van der Waals surface area contributed by atoms with Gasteiger partial charge in [0, 0.05) is 0 Å². The lowest BCUT2D eigenvalue weighted by Gasteiger charge is -2.30. The van der Waals surface area contributed by atoms with Gasteiger partial charge in [-0.05, 0) is 52.7 Å². The van der Waals surface area contributed by atoms with E-state index in [-0.39, 0.29) is 0 Å². The van der Waals surface area contributed by atoms with Crippen molar-refractivity contribution in [1.82, 2.24) is 0 Å². The number of aryl methyl sites for hydroxylation is 1. The molecule has 17 heavy (non-hydrogen) atoms. The fourth-order valence-corrected chi connectivity index (χ4v) is 4.88. The van der Waals surface area contributed by atoms with Gasteiger partial charge in [0.15, 0.2) is 0 Å². The molecule has 0 aliphatic heterocycles. The lowest BCUT2D eigenvalue weighted by atomic mass is 9.74. The molecule has 0 spiro atoms. The van der Waals surface area contributed by atoms with Gasteiger partial charge in [0.1, 0.15) is 0 Å². The van der Waals surface area contributed by atoms with Crippen molar-refractivity contribution in [2.75, 3.05) is 0 Å². The van der Waals surface area contributed by atoms with Crippen LogP contribution in [0, 0.1) is 6.92 Å². The van der Waals surface area contributed by atoms with Crippen LogP contribution in [-0.2, 0) is 16.2 Å². The van der Waals surface area contributed by atoms with Gasteiger partial charge in [-0.25, -0.2) is 0 Å². The SMILES string of the molecule is Cc1cc2c3c(c1)C(C)(C)CC3(C)CC2(C)C. The van der Waals surface area contributed by atoms with Gasteiger partial charge in [0.05, 0.1) is 0 Å². The van der Waals surface area contributed by atoms with E-state index in [1.165, 1.54) is 18.4 Å². The van der Waals surface area contributed by atoms with E-state index in [1.54, 1.807) is 16.7 Å². The number of benzene rings is 1. The van der Waals surface area contributed by atoms with Gasteiger partial charge in [0.2, 0.25) is 0 Å². The summed E-state index contributed by atoms with van der Waals surface area (Å²) in [7, 11) is 0. The van der Waals surface area contributed by atoms with Crippen LogP contribution >= 0.6 is 0 Å². The van der Waals surface area contributed by atoms with Crippen LogP contribution in [0.5, 0.6) is 0 Å². The Hall–Kier alpha value is -0.780. The van der Waals surface area contributed by atoms with Gasteiger partial charge < -0.3 is 0 Å². The van der Waals surface area contributed by atoms with Crippen molar-refractivity contribution in [1.29, 1.82) is 0 Å². The minimum atomic E-state index is 0.362. The van der Waals surface area contributed by atoms with E-state index in [4.69, 9.17) is 0 Å². The van der Waals surface area contributed by atoms with Crippen LogP contribution in [0.1, 0.15) is 69.7 Å². The minimum Gasteiger partial charge on any atom is -0.0558 e. The van der Waals surface area contributed by atoms with E-state index in [9.17, 15) is 0 Å². The summed E-state index contributed by atoms with van der Waals surface area (Å²) in [6.07, 6.45) is 2.63. The summed E-state index contributed by atoms with van der Waals surface area (Å²) in [6.45, 7) is 14.4. The fourth-order valence-electron chi connectivity index (χ4n) is 4.88. The lowest BCUT2D eigenvalue weighted by Crippen LogP contribution is -2.25. The zero-order valence-electron chi connectivity index (χ0n) is 12.1. The molecule has 0 aromatic heterocycles. The summed E-state index contributed by atoms with van der Waals surface area (Å²) in [6, 6.07) is 4.87. The van der Waals surface area contributed by atoms with Crippen LogP contribution in [0.4, 0.5) is 0 Å². The average molecular weight is 228 g/mol. The Morgan fingerprint density at radius 2 is 1.24 bits per heavy atom. The molecule has 2 aliphatic carbocycles. The molecule has 92 valence electrons. The van der Waals surface area contributed by atoms with Gasteiger partial charge in [-0.3, -0.25) is 0 Å². The smallest absolute Gasteiger partial charge is 0.00529 e. The molecule has 3 rings (SSSR count). The van der Waals surface area contributed by atoms with Gasteiger partial charge >= 0.3 is 0 Å². The van der Waals surface area contributed by atoms with Crippen LogP contribution < -0.4 is 0 Å². The third-order valence-electron chi connectivity index (χ3n) is 5.01. The fraction of sp³-hybridized carbons (Fsp3) is 0.647. The molecule has 0 nitrogen and oxygen atoms in total. The van der Waals surface area contributed by atoms with Crippen molar-refractivity contribution in [3.8, 4) is 0 Å². The predicted molar refractivity (Wildman–Crippen MR) is 73.8 cm³/mol. The summed E-state index contributed by atoms with van der Waals surface area (Å²) in [5.74, 6) is 0. The van der Waals surface area contributed by atoms with Crippen molar-refractivity contribution in [3.05, 3.63) is 34.4 Å². The zero-order valence-corrected chi connectivity index (χ0v) is 12.1. The molecular formula is C17H24. The first-order chi connectivity index (χ1) is 7.66. The molecule has 0 heterocycles. The van der Waals surface area contributed by atoms with E-state index in [2.05, 4.69) is 53.7 Å². The first kappa shape index (κ1) is 11.3. The third kappa shape index (κ3) is 1.30. The minimum absolute atomic E-state index is 0.362. The van der Waals surface area contributed by atoms with Gasteiger partial charge in [0.25, 0.3) is 0 Å². The van der Waals surface area contributed by atoms with Crippen LogP contribution in [0.3, 0.4) is 0 Å². The second-order valence-corrected chi connectivity index (χ2v) is 7.92. The molecule has 0 bridgehead atoms. The Bertz CT molecular complexity index is 464. The van der Waals surface area contributed by atoms with E-state index in [0.29, 0.717) is 16.2 Å². The number of hydrogen-bond acceptors (Lipinski definition) is 0. The molecule has 0 fully saturated rings. The molecule has 0 unspecified atom stereocenters. The van der Waals surface area contributed by atoms with E-state index >= 15 is 0 Å². The Morgan fingerprint density at radius 1 is 0.824 bits per heavy atom. The highest BCUT2D eigenvalue weighted by Gasteiger charge is 2.54. The molecule has 0 atom stereocenters. The normalized spacial score (nSPS) is 26.0. The highest BCUT2D eigenvalue weighted by atomic mass is 14.6. The quantitative estimate of drug-likeness (QED) is 0.608. The average Bonchev–Trinajstić information content (AvgIpc) is 2.42. The molecule has 0 amide bonds. The Balaban J connectivity index is 2.38. The summed E-state index contributed by atoms with van der Waals surface area (Å²) >= 11 is 0. The molecule has 0 saturated heterocycles. The first-order valence-electron chi connectivity index (χ1n) is 6.82. The Morgan fingerprint density at radius 3 is 1.65 bits per heavy atom. The van der Waals surface area contributed by atoms with E-state index in [1.807, 2.05) is 0 Å². The standard InChI is InChI=1S/C17H24/c1-11-7-12-14-13(8-11)16(4,5)10-17(14,6)9-15(12,2)3/h7-8H,9-10H2,1-6H3. The molecule has 0 radical (unpaired) electrons. The monoisotopic (exact) mass is 228 g/mol. The third-order valence-corrected chi connectivity index (χ3v) is 5.01. The van der Waals surface area contributed by atoms with E-state index in [0.717, 1.165) is 0 Å². The number of hydrogen-bond donors (Lipinski definition) is 0. The van der Waals surface area contributed by atoms with E-state index < -0.39 is 0 Å². The highest BCUT2D eigenvalue weighted by molar-refractivity contribution is 5.57. The topological polar surface area (TPSA) is 0 Å². The van der Waals surface area contributed by atoms with Crippen LogP contribution in [0.2, 0.25) is 0 Å². The largest absolute Gasteiger partial charge is 0.0558 e. The molecule has 1 aromatic carbocycles. The Kier molecular flexibility index (Phi) is 1.86. The van der Waals surface area contributed by atoms with Crippen LogP contribution in [0.25, 0.3) is 0 Å². The highest BCUT2D eigenvalue weighted by Crippen LogP contribution is 2.61. The summed E-state index contributed by atoms with van der Waals surface area (Å²) in [4.78, 5) is 0. The van der Waals surface area contributed by atoms with Gasteiger partial charge in [-0.1, -0.05) is 52.3 Å². The molecule has 0 N–H and O–H groups in total. The van der Waals surface area contributed by atoms with Crippen molar-refractivity contribution in [2.24, 2.45) is 0 Å². The van der Waals surface area contributed by atoms with Crippen molar-refractivity contribution < 1.29 is 0 Å². The maximum atomic E-state index is 2.48. The summed E-state index contributed by atoms with van der Waals surface area (Å²) in [5, 5.41) is 0. The first-order valence-corrected chi connectivity index (χ1v) is 6.82. The van der Waals surface area contributed by atoms with Crippen LogP contribution in [-0.4, -0.2) is 0 Å². The zero-order chi connectivity index (χ0) is 12.6. The molecule has 0 heteroatoms. The molecule has 1 aromatic rings. The lowest BCUT2D eigenvalue weighted by molar-refractivity contribution is 0.320. The maximum absolute atomic E-state index is 2.48. The second kappa shape index (κ2) is 2.79. The summed E-state index contributed by atoms with van der Waals surface area (Å²) < 4.78 is 0. The number of rotatable bonds is 0. The predicted octanol–water partition coefficient (Wildman–Crippen LogP) is 4.62. The van der Waals surface area contributed by atoms with Gasteiger partial charge in [-0.15, -0.1) is 0 Å². The van der Waals surface area contributed by atoms with Crippen LogP contribution in [0.15, 0.2) is 12.1 Å². The molecule has 2 aliphatic rings. The van der Waals surface area contributed by atoms with Crippen molar-refractivity contribution in [2.45, 2.75) is 70.6 Å². The Labute approximate surface area is 105 Å². The second-order valence-electron chi connectivity index (χ2n) is 7.92.